The number of aliphatic hydroxyl groups is 1. The standard InChI is InChI=1S/C16H18ClNO3/c1-9-8-10(2)21-15(9)16(20)18-11(3)14(19)12-4-6-13(17)7-5-12/h4-8,11,14,19H,1-3H3,(H,18,20). The Kier molecular flexibility index (Phi) is 4.70. The number of nitrogens with one attached hydrogen (secondary N) is 1. The van der Waals surface area contributed by atoms with Crippen molar-refractivity contribution < 1.29 is 14.3 Å². The van der Waals surface area contributed by atoms with Crippen LogP contribution in [0.15, 0.2) is 34.7 Å². The summed E-state index contributed by atoms with van der Waals surface area (Å²) in [5.74, 6) is 0.632. The molecule has 0 radical (unpaired) electrons. The fraction of sp³-hybridized carbons (Fsp3) is 0.312. The monoisotopic (exact) mass is 307 g/mol. The summed E-state index contributed by atoms with van der Waals surface area (Å²) in [5, 5.41) is 13.6. The second kappa shape index (κ2) is 6.33. The lowest BCUT2D eigenvalue weighted by Crippen LogP contribution is -2.37. The van der Waals surface area contributed by atoms with E-state index >= 15 is 0 Å². The minimum atomic E-state index is -0.817. The van der Waals surface area contributed by atoms with Crippen LogP contribution in [0.25, 0.3) is 0 Å². The van der Waals surface area contributed by atoms with Gasteiger partial charge in [0.05, 0.1) is 12.1 Å². The van der Waals surface area contributed by atoms with Crippen molar-refractivity contribution in [2.45, 2.75) is 32.9 Å². The van der Waals surface area contributed by atoms with E-state index in [0.29, 0.717) is 16.3 Å². The Bertz CT molecular complexity index is 633. The van der Waals surface area contributed by atoms with E-state index in [1.54, 1.807) is 44.2 Å². The summed E-state index contributed by atoms with van der Waals surface area (Å²) in [4.78, 5) is 12.1. The van der Waals surface area contributed by atoms with Crippen LogP contribution < -0.4 is 5.32 Å². The van der Waals surface area contributed by atoms with E-state index in [4.69, 9.17) is 16.0 Å². The summed E-state index contributed by atoms with van der Waals surface area (Å²) < 4.78 is 5.37. The van der Waals surface area contributed by atoms with Gasteiger partial charge in [-0.25, -0.2) is 0 Å². The Morgan fingerprint density at radius 2 is 1.90 bits per heavy atom. The number of carbonyl (C=O) groups is 1. The van der Waals surface area contributed by atoms with E-state index in [1.165, 1.54) is 0 Å². The summed E-state index contributed by atoms with van der Waals surface area (Å²) in [6, 6.07) is 8.22. The largest absolute Gasteiger partial charge is 0.456 e. The number of hydrogen-bond acceptors (Lipinski definition) is 3. The van der Waals surface area contributed by atoms with Crippen molar-refractivity contribution >= 4 is 17.5 Å². The molecule has 1 heterocycles. The summed E-state index contributed by atoms with van der Waals surface area (Å²) in [7, 11) is 0. The number of carbonyl (C=O) groups excluding carboxylic acids is 1. The quantitative estimate of drug-likeness (QED) is 0.910. The summed E-state index contributed by atoms with van der Waals surface area (Å²) >= 11 is 5.82. The number of benzene rings is 1. The van der Waals surface area contributed by atoms with Crippen LogP contribution in [0.1, 0.15) is 40.5 Å². The van der Waals surface area contributed by atoms with Gasteiger partial charge in [-0.05, 0) is 44.5 Å². The van der Waals surface area contributed by atoms with E-state index in [1.807, 2.05) is 6.92 Å². The molecule has 0 bridgehead atoms. The molecule has 112 valence electrons. The van der Waals surface area contributed by atoms with Gasteiger partial charge in [-0.15, -0.1) is 0 Å². The van der Waals surface area contributed by atoms with Gasteiger partial charge < -0.3 is 14.8 Å². The highest BCUT2D eigenvalue weighted by Crippen LogP contribution is 2.20. The molecule has 0 spiro atoms. The number of halogens is 1. The van der Waals surface area contributed by atoms with Gasteiger partial charge in [-0.1, -0.05) is 23.7 Å². The molecule has 4 nitrogen and oxygen atoms in total. The van der Waals surface area contributed by atoms with Gasteiger partial charge in [0, 0.05) is 10.6 Å². The average molecular weight is 308 g/mol. The highest BCUT2D eigenvalue weighted by Gasteiger charge is 2.22. The van der Waals surface area contributed by atoms with Gasteiger partial charge in [0.15, 0.2) is 5.76 Å². The molecule has 5 heteroatoms. The predicted molar refractivity (Wildman–Crippen MR) is 81.5 cm³/mol. The minimum absolute atomic E-state index is 0.280. The zero-order valence-electron chi connectivity index (χ0n) is 12.2. The molecule has 1 aromatic carbocycles. The van der Waals surface area contributed by atoms with Crippen LogP contribution in [-0.4, -0.2) is 17.1 Å². The van der Waals surface area contributed by atoms with E-state index < -0.39 is 12.1 Å². The lowest BCUT2D eigenvalue weighted by atomic mass is 10.0. The summed E-state index contributed by atoms with van der Waals surface area (Å²) in [5.41, 5.74) is 1.47. The molecule has 1 aromatic heterocycles. The van der Waals surface area contributed by atoms with E-state index in [0.717, 1.165) is 5.56 Å². The van der Waals surface area contributed by atoms with Crippen LogP contribution in [0.4, 0.5) is 0 Å². The Hall–Kier alpha value is -1.78. The van der Waals surface area contributed by atoms with Crippen LogP contribution in [0, 0.1) is 13.8 Å². The zero-order valence-corrected chi connectivity index (χ0v) is 12.9. The topological polar surface area (TPSA) is 62.5 Å². The van der Waals surface area contributed by atoms with Crippen molar-refractivity contribution in [2.75, 3.05) is 0 Å². The molecule has 0 fully saturated rings. The molecule has 2 rings (SSSR count). The third-order valence-corrected chi connectivity index (χ3v) is 3.54. The maximum Gasteiger partial charge on any atom is 0.287 e. The van der Waals surface area contributed by atoms with Gasteiger partial charge in [0.1, 0.15) is 5.76 Å². The highest BCUT2D eigenvalue weighted by atomic mass is 35.5. The third-order valence-electron chi connectivity index (χ3n) is 3.29. The van der Waals surface area contributed by atoms with Crippen LogP contribution in [0.3, 0.4) is 0 Å². The van der Waals surface area contributed by atoms with Crippen molar-refractivity contribution in [3.63, 3.8) is 0 Å². The first-order chi connectivity index (χ1) is 9.88. The molecule has 0 aliphatic rings. The van der Waals surface area contributed by atoms with Crippen LogP contribution in [0.5, 0.6) is 0 Å². The van der Waals surface area contributed by atoms with Crippen LogP contribution in [-0.2, 0) is 0 Å². The van der Waals surface area contributed by atoms with Crippen molar-refractivity contribution in [1.82, 2.24) is 5.32 Å². The molecule has 0 saturated heterocycles. The molecular weight excluding hydrogens is 290 g/mol. The lowest BCUT2D eigenvalue weighted by Gasteiger charge is -2.20. The molecule has 0 aliphatic heterocycles. The fourth-order valence-electron chi connectivity index (χ4n) is 2.17. The predicted octanol–water partition coefficient (Wildman–Crippen LogP) is 3.40. The van der Waals surface area contributed by atoms with Gasteiger partial charge in [-0.3, -0.25) is 4.79 Å². The Balaban J connectivity index is 2.06. The molecule has 21 heavy (non-hydrogen) atoms. The first-order valence-electron chi connectivity index (χ1n) is 6.70. The number of furan rings is 1. The fourth-order valence-corrected chi connectivity index (χ4v) is 2.29. The van der Waals surface area contributed by atoms with E-state index in [2.05, 4.69) is 5.32 Å². The second-order valence-electron chi connectivity index (χ2n) is 5.13. The molecule has 2 N–H and O–H groups in total. The molecular formula is C16H18ClNO3. The molecule has 2 atom stereocenters. The summed E-state index contributed by atoms with van der Waals surface area (Å²) in [6.07, 6.45) is -0.817. The van der Waals surface area contributed by atoms with Gasteiger partial charge in [0.2, 0.25) is 0 Å². The minimum Gasteiger partial charge on any atom is -0.456 e. The maximum absolute atomic E-state index is 12.1. The summed E-state index contributed by atoms with van der Waals surface area (Å²) in [6.45, 7) is 5.34. The van der Waals surface area contributed by atoms with Crippen molar-refractivity contribution in [3.05, 3.63) is 58.0 Å². The second-order valence-corrected chi connectivity index (χ2v) is 5.56. The van der Waals surface area contributed by atoms with Crippen molar-refractivity contribution in [3.8, 4) is 0 Å². The molecule has 0 saturated carbocycles. The van der Waals surface area contributed by atoms with Gasteiger partial charge in [0.25, 0.3) is 5.91 Å². The van der Waals surface area contributed by atoms with E-state index in [-0.39, 0.29) is 11.7 Å². The van der Waals surface area contributed by atoms with Crippen LogP contribution in [0.2, 0.25) is 5.02 Å². The normalized spacial score (nSPS) is 13.8. The Morgan fingerprint density at radius 3 is 2.43 bits per heavy atom. The van der Waals surface area contributed by atoms with Crippen molar-refractivity contribution in [2.24, 2.45) is 0 Å². The first-order valence-corrected chi connectivity index (χ1v) is 7.07. The number of aliphatic hydroxyl groups excluding tert-OH is 1. The number of amides is 1. The molecule has 0 aliphatic carbocycles. The van der Waals surface area contributed by atoms with E-state index in [9.17, 15) is 9.90 Å². The Morgan fingerprint density at radius 1 is 1.29 bits per heavy atom. The number of hydrogen-bond donors (Lipinski definition) is 2. The SMILES string of the molecule is Cc1cc(C)c(C(=O)NC(C)C(O)c2ccc(Cl)cc2)o1. The smallest absolute Gasteiger partial charge is 0.287 e. The van der Waals surface area contributed by atoms with Gasteiger partial charge in [-0.2, -0.15) is 0 Å². The third kappa shape index (κ3) is 3.65. The zero-order chi connectivity index (χ0) is 15.6. The van der Waals surface area contributed by atoms with Crippen molar-refractivity contribution in [1.29, 1.82) is 0 Å². The first kappa shape index (κ1) is 15.6. The van der Waals surface area contributed by atoms with Crippen LogP contribution >= 0.6 is 11.6 Å². The maximum atomic E-state index is 12.1. The average Bonchev–Trinajstić information content (AvgIpc) is 2.77. The van der Waals surface area contributed by atoms with Gasteiger partial charge >= 0.3 is 0 Å². The number of aryl methyl sites for hydroxylation is 2. The Labute approximate surface area is 128 Å². The lowest BCUT2D eigenvalue weighted by molar-refractivity contribution is 0.0824. The molecule has 2 aromatic rings. The molecule has 2 unspecified atom stereocenters. The molecule has 1 amide bonds. The highest BCUT2D eigenvalue weighted by molar-refractivity contribution is 6.30. The number of rotatable bonds is 4.